The van der Waals surface area contributed by atoms with Crippen molar-refractivity contribution >= 4 is 93.4 Å². The summed E-state index contributed by atoms with van der Waals surface area (Å²) in [4.78, 5) is 62.2. The number of amides is 2. The van der Waals surface area contributed by atoms with Gasteiger partial charge in [0.15, 0.2) is 5.78 Å². The molecule has 0 heterocycles. The summed E-state index contributed by atoms with van der Waals surface area (Å²) in [5.41, 5.74) is 11.6. The van der Waals surface area contributed by atoms with Crippen molar-refractivity contribution in [1.29, 1.82) is 5.41 Å². The first-order chi connectivity index (χ1) is 40.3. The first kappa shape index (κ1) is 95.0. The van der Waals surface area contributed by atoms with Crippen LogP contribution in [0, 0.1) is 31.1 Å². The van der Waals surface area contributed by atoms with Crippen LogP contribution in [0.2, 0.25) is 0 Å². The van der Waals surface area contributed by atoms with Crippen LogP contribution in [0.15, 0.2) is 78.9 Å². The summed E-state index contributed by atoms with van der Waals surface area (Å²) in [5.74, 6) is 7.42. The zero-order chi connectivity index (χ0) is 66.8. The minimum atomic E-state index is -0.259. The van der Waals surface area contributed by atoms with Crippen LogP contribution in [-0.4, -0.2) is 102 Å². The molecule has 0 aliphatic heterocycles. The maximum Gasteiger partial charge on any atom is 0.221 e. The summed E-state index contributed by atoms with van der Waals surface area (Å²) in [6, 6.07) is 25.6. The first-order valence-electron chi connectivity index (χ1n) is 31.2. The number of hydrogen-bond donors (Lipinski definition) is 4. The Hall–Kier alpha value is -3.69. The van der Waals surface area contributed by atoms with E-state index < -0.39 is 0 Å². The molecule has 492 valence electrons. The lowest BCUT2D eigenvalue weighted by molar-refractivity contribution is -0.119. The molecule has 2 aliphatic carbocycles. The molecule has 2 unspecified atom stereocenters. The number of rotatable bonds is 18. The number of anilines is 1. The highest BCUT2D eigenvalue weighted by atomic mass is 32.2. The molecular weight excluding hydrogens is 1130 g/mol. The van der Waals surface area contributed by atoms with Gasteiger partial charge in [0.1, 0.15) is 17.3 Å². The highest BCUT2D eigenvalue weighted by Crippen LogP contribution is 2.23. The van der Waals surface area contributed by atoms with E-state index in [9.17, 15) is 28.8 Å². The first-order valence-corrected chi connectivity index (χ1v) is 36.8. The topological polar surface area (TPSA) is 176 Å². The summed E-state index contributed by atoms with van der Waals surface area (Å²) in [6.07, 6.45) is 28.7. The second kappa shape index (κ2) is 72.8. The minimum absolute atomic E-state index is 0.00463. The maximum absolute atomic E-state index is 11.0. The summed E-state index contributed by atoms with van der Waals surface area (Å²) in [5, 5.41) is 12.1. The van der Waals surface area contributed by atoms with Crippen LogP contribution in [0.5, 0.6) is 0 Å². The third kappa shape index (κ3) is 82.4. The molecule has 0 saturated heterocycles. The van der Waals surface area contributed by atoms with Crippen LogP contribution in [-0.2, 0) is 24.0 Å². The average Bonchev–Trinajstić information content (AvgIpc) is 3.54. The van der Waals surface area contributed by atoms with Crippen molar-refractivity contribution in [1.82, 2.24) is 5.32 Å². The van der Waals surface area contributed by atoms with E-state index in [1.165, 1.54) is 107 Å². The molecule has 2 fully saturated rings. The Bertz CT molecular complexity index is 1940. The summed E-state index contributed by atoms with van der Waals surface area (Å²) < 4.78 is 0. The van der Waals surface area contributed by atoms with Crippen LogP contribution in [0.3, 0.4) is 0 Å². The fourth-order valence-corrected chi connectivity index (χ4v) is 8.71. The zero-order valence-corrected chi connectivity index (χ0v) is 61.4. The molecule has 0 aromatic heterocycles. The number of ketones is 4. The smallest absolute Gasteiger partial charge is 0.221 e. The van der Waals surface area contributed by atoms with Crippen molar-refractivity contribution in [2.24, 2.45) is 17.6 Å². The molecule has 2 saturated carbocycles. The number of benzene rings is 3. The van der Waals surface area contributed by atoms with Gasteiger partial charge in [-0.3, -0.25) is 24.0 Å². The summed E-state index contributed by atoms with van der Waals surface area (Å²) >= 11 is 6.94. The van der Waals surface area contributed by atoms with Gasteiger partial charge >= 0.3 is 0 Å². The number of carbonyl (C=O) groups excluding carboxylic acids is 6. The van der Waals surface area contributed by atoms with E-state index in [-0.39, 0.29) is 35.2 Å². The van der Waals surface area contributed by atoms with Gasteiger partial charge < -0.3 is 26.6 Å². The monoisotopic (exact) mass is 1260 g/mol. The van der Waals surface area contributed by atoms with Gasteiger partial charge in [-0.05, 0) is 152 Å². The lowest BCUT2D eigenvalue weighted by atomic mass is 9.91. The van der Waals surface area contributed by atoms with E-state index in [2.05, 4.69) is 69.9 Å². The molecular formula is C71H128N4O6S4. The van der Waals surface area contributed by atoms with Crippen molar-refractivity contribution in [2.75, 3.05) is 60.4 Å². The van der Waals surface area contributed by atoms with Gasteiger partial charge in [0.05, 0.1) is 6.04 Å². The van der Waals surface area contributed by atoms with Crippen LogP contribution in [0.1, 0.15) is 240 Å². The van der Waals surface area contributed by atoms with Gasteiger partial charge in [-0.15, -0.1) is 0 Å². The third-order valence-electron chi connectivity index (χ3n) is 12.3. The predicted octanol–water partition coefficient (Wildman–Crippen LogP) is 19.8. The average molecular weight is 1260 g/mol. The zero-order valence-electron chi connectivity index (χ0n) is 58.1. The molecule has 85 heavy (non-hydrogen) atoms. The Balaban J connectivity index is -0.000000159. The van der Waals surface area contributed by atoms with E-state index in [4.69, 9.17) is 11.1 Å². The SMILES string of the molecule is CC.CC.CC(=O)Nc1ccc(C)cc1.CC1CCCCC1.CC1CCCCC1.CCC(C)c1ccc(C(C)=O)cc1.CNC(C)=O.CSCC(N)C(C)=O.CSCCC(C)=O.CSCCCC(C)=N.CSCCCC(C)=O.Cc1ccccc1. The molecule has 5 N–H and O–H groups in total. The van der Waals surface area contributed by atoms with Gasteiger partial charge in [0.25, 0.3) is 0 Å². The second-order valence-electron chi connectivity index (χ2n) is 20.8. The Morgan fingerprint density at radius 3 is 1.21 bits per heavy atom. The Morgan fingerprint density at radius 2 is 0.965 bits per heavy atom. The molecule has 3 aromatic carbocycles. The van der Waals surface area contributed by atoms with E-state index in [1.807, 2.05) is 133 Å². The van der Waals surface area contributed by atoms with Gasteiger partial charge in [-0.2, -0.15) is 47.0 Å². The van der Waals surface area contributed by atoms with Crippen LogP contribution < -0.4 is 16.4 Å². The van der Waals surface area contributed by atoms with Crippen molar-refractivity contribution in [2.45, 2.75) is 232 Å². The number of thioether (sulfide) groups is 4. The second-order valence-corrected chi connectivity index (χ2v) is 24.6. The number of nitrogens with one attached hydrogen (secondary N) is 3. The predicted molar refractivity (Wildman–Crippen MR) is 389 cm³/mol. The molecule has 2 atom stereocenters. The van der Waals surface area contributed by atoms with Crippen LogP contribution in [0.4, 0.5) is 5.69 Å². The number of Topliss-reactive ketones (excluding diaryl/α,β-unsaturated/α-hetero) is 4. The summed E-state index contributed by atoms with van der Waals surface area (Å²) in [7, 11) is 1.60. The minimum Gasteiger partial charge on any atom is -0.359 e. The summed E-state index contributed by atoms with van der Waals surface area (Å²) in [6.45, 7) is 32.4. The van der Waals surface area contributed by atoms with Gasteiger partial charge in [-0.25, -0.2) is 0 Å². The fourth-order valence-electron chi connectivity index (χ4n) is 6.76. The number of nitrogens with two attached hydrogens (primary N) is 1. The fraction of sp³-hybridized carbons (Fsp3) is 0.648. The molecule has 2 aliphatic rings. The number of hydrogen-bond acceptors (Lipinski definition) is 12. The van der Waals surface area contributed by atoms with Crippen molar-refractivity contribution in [3.05, 3.63) is 101 Å². The van der Waals surface area contributed by atoms with Gasteiger partial charge in [0.2, 0.25) is 11.8 Å². The van der Waals surface area contributed by atoms with Crippen molar-refractivity contribution < 1.29 is 28.8 Å². The molecule has 14 heteroatoms. The van der Waals surface area contributed by atoms with E-state index in [1.54, 1.807) is 63.1 Å². The third-order valence-corrected chi connectivity index (χ3v) is 15.0. The van der Waals surface area contributed by atoms with E-state index in [0.717, 1.165) is 84.6 Å². The quantitative estimate of drug-likeness (QED) is 0.0542. The Morgan fingerprint density at radius 1 is 0.565 bits per heavy atom. The number of carbonyl (C=O) groups is 6. The molecule has 10 nitrogen and oxygen atoms in total. The van der Waals surface area contributed by atoms with Gasteiger partial charge in [-0.1, -0.05) is 197 Å². The molecule has 2 amide bonds. The molecule has 3 aromatic rings. The highest BCUT2D eigenvalue weighted by Gasteiger charge is 2.08. The van der Waals surface area contributed by atoms with Crippen molar-refractivity contribution in [3.63, 3.8) is 0 Å². The van der Waals surface area contributed by atoms with Gasteiger partial charge in [0, 0.05) is 56.5 Å². The lowest BCUT2D eigenvalue weighted by Crippen LogP contribution is -2.30. The van der Waals surface area contributed by atoms with E-state index in [0.29, 0.717) is 11.7 Å². The molecule has 5 rings (SSSR count). The lowest BCUT2D eigenvalue weighted by Gasteiger charge is -2.15. The van der Waals surface area contributed by atoms with Crippen LogP contribution in [0.25, 0.3) is 0 Å². The molecule has 0 radical (unpaired) electrons. The maximum atomic E-state index is 11.0. The number of aryl methyl sites for hydroxylation is 2. The largest absolute Gasteiger partial charge is 0.359 e. The molecule has 0 spiro atoms. The standard InChI is InChI=1S/C12H16O.C9H11NO.2C7H14.C7H8.C6H13NS.C6H12OS.C5H11NOS.C5H10OS.C3H7NO.2C2H6/c1-4-9(2)11-5-7-12(8-6-11)10(3)13;1-7-3-5-9(6-4-7)10-8(2)11;3*1-7-5-3-2-4-6-7;2*1-6(7)4-3-5-8-2;1-4(7)5(6)3-8-2;1-5(6)3-4-7-2;1-3(5)4-2;2*1-2/h5-9H,4H2,1-3H3;3-6H,1-2H3,(H,10,11);2*7H,2-6H2,1H3;2-6H,1H3;7H,3-5H2,1-2H3;3-5H2,1-2H3;5H,3,6H2,1-2H3;3-4H2,1-2H3;1-2H3,(H,4,5);2*1-2H3. The van der Waals surface area contributed by atoms with E-state index >= 15 is 0 Å². The van der Waals surface area contributed by atoms with Crippen LogP contribution >= 0.6 is 47.0 Å². The Labute approximate surface area is 541 Å². The normalized spacial score (nSPS) is 12.3. The molecule has 0 bridgehead atoms. The van der Waals surface area contributed by atoms with Crippen molar-refractivity contribution in [3.8, 4) is 0 Å². The highest BCUT2D eigenvalue weighted by molar-refractivity contribution is 7.99. The Kier molecular flexibility index (Phi) is 81.3.